The molecule has 4 heteroatoms. The van der Waals surface area contributed by atoms with Gasteiger partial charge in [0.25, 0.3) is 0 Å². The Balaban J connectivity index is 2.02. The highest BCUT2D eigenvalue weighted by Gasteiger charge is 2.30. The SMILES string of the molecule is CCCC(OC(=O)C1CCCO1)C(=O)c1ccccc1. The minimum atomic E-state index is -0.709. The number of benzene rings is 1. The minimum Gasteiger partial charge on any atom is -0.452 e. The Morgan fingerprint density at radius 2 is 2.10 bits per heavy atom. The van der Waals surface area contributed by atoms with Crippen LogP contribution in [0.5, 0.6) is 0 Å². The third-order valence-electron chi connectivity index (χ3n) is 3.35. The Labute approximate surface area is 119 Å². The van der Waals surface area contributed by atoms with Gasteiger partial charge in [0.05, 0.1) is 0 Å². The quantitative estimate of drug-likeness (QED) is 0.592. The van der Waals surface area contributed by atoms with E-state index in [1.54, 1.807) is 24.3 Å². The first-order valence-electron chi connectivity index (χ1n) is 7.13. The normalized spacial score (nSPS) is 19.6. The van der Waals surface area contributed by atoms with Crippen molar-refractivity contribution in [2.75, 3.05) is 6.61 Å². The Morgan fingerprint density at radius 1 is 1.35 bits per heavy atom. The molecule has 4 nitrogen and oxygen atoms in total. The predicted octanol–water partition coefficient (Wildman–Crippen LogP) is 2.76. The number of ketones is 1. The summed E-state index contributed by atoms with van der Waals surface area (Å²) in [6.07, 6.45) is 1.65. The van der Waals surface area contributed by atoms with Gasteiger partial charge in [-0.25, -0.2) is 4.79 Å². The molecular weight excluding hydrogens is 256 g/mol. The number of hydrogen-bond donors (Lipinski definition) is 0. The molecule has 0 radical (unpaired) electrons. The van der Waals surface area contributed by atoms with Gasteiger partial charge >= 0.3 is 5.97 Å². The lowest BCUT2D eigenvalue weighted by Crippen LogP contribution is -2.32. The summed E-state index contributed by atoms with van der Waals surface area (Å²) in [5, 5.41) is 0. The van der Waals surface area contributed by atoms with Crippen LogP contribution >= 0.6 is 0 Å². The van der Waals surface area contributed by atoms with Crippen molar-refractivity contribution in [1.82, 2.24) is 0 Å². The second-order valence-electron chi connectivity index (χ2n) is 4.95. The van der Waals surface area contributed by atoms with E-state index in [0.29, 0.717) is 25.0 Å². The lowest BCUT2D eigenvalue weighted by molar-refractivity contribution is -0.157. The van der Waals surface area contributed by atoms with E-state index in [4.69, 9.17) is 9.47 Å². The van der Waals surface area contributed by atoms with Crippen LogP contribution in [0.4, 0.5) is 0 Å². The summed E-state index contributed by atoms with van der Waals surface area (Å²) in [5.41, 5.74) is 0.575. The lowest BCUT2D eigenvalue weighted by atomic mass is 10.0. The first-order chi connectivity index (χ1) is 9.72. The fourth-order valence-corrected chi connectivity index (χ4v) is 2.27. The van der Waals surface area contributed by atoms with Crippen LogP contribution in [0.25, 0.3) is 0 Å². The van der Waals surface area contributed by atoms with Gasteiger partial charge < -0.3 is 9.47 Å². The van der Waals surface area contributed by atoms with Gasteiger partial charge in [0.15, 0.2) is 12.2 Å². The van der Waals surface area contributed by atoms with Crippen LogP contribution in [0, 0.1) is 0 Å². The molecule has 1 aliphatic heterocycles. The molecule has 1 heterocycles. The average molecular weight is 276 g/mol. The van der Waals surface area contributed by atoms with E-state index in [9.17, 15) is 9.59 Å². The van der Waals surface area contributed by atoms with Crippen LogP contribution in [0.1, 0.15) is 43.0 Å². The van der Waals surface area contributed by atoms with Crippen molar-refractivity contribution >= 4 is 11.8 Å². The van der Waals surface area contributed by atoms with Crippen molar-refractivity contribution in [2.45, 2.75) is 44.8 Å². The summed E-state index contributed by atoms with van der Waals surface area (Å²) in [7, 11) is 0. The van der Waals surface area contributed by atoms with Gasteiger partial charge in [-0.2, -0.15) is 0 Å². The van der Waals surface area contributed by atoms with E-state index >= 15 is 0 Å². The number of carbonyl (C=O) groups excluding carboxylic acids is 2. The molecule has 1 saturated heterocycles. The van der Waals surface area contributed by atoms with Crippen LogP contribution < -0.4 is 0 Å². The molecule has 0 N–H and O–H groups in total. The second-order valence-corrected chi connectivity index (χ2v) is 4.95. The molecule has 2 atom stereocenters. The molecular formula is C16H20O4. The summed E-state index contributed by atoms with van der Waals surface area (Å²) in [6.45, 7) is 2.55. The number of Topliss-reactive ketones (excluding diaryl/α,β-unsaturated/α-hetero) is 1. The highest BCUT2D eigenvalue weighted by molar-refractivity contribution is 6.00. The predicted molar refractivity (Wildman–Crippen MR) is 74.5 cm³/mol. The number of rotatable bonds is 6. The average Bonchev–Trinajstić information content (AvgIpc) is 3.01. The molecule has 0 amide bonds. The zero-order valence-electron chi connectivity index (χ0n) is 11.7. The van der Waals surface area contributed by atoms with Crippen LogP contribution in [-0.2, 0) is 14.3 Å². The Morgan fingerprint density at radius 3 is 2.70 bits per heavy atom. The fourth-order valence-electron chi connectivity index (χ4n) is 2.27. The van der Waals surface area contributed by atoms with Gasteiger partial charge in [-0.05, 0) is 19.3 Å². The summed E-state index contributed by atoms with van der Waals surface area (Å²) in [5.74, 6) is -0.552. The maximum absolute atomic E-state index is 12.4. The second kappa shape index (κ2) is 7.20. The molecule has 0 spiro atoms. The van der Waals surface area contributed by atoms with Crippen LogP contribution in [-0.4, -0.2) is 30.6 Å². The Kier molecular flexibility index (Phi) is 5.30. The van der Waals surface area contributed by atoms with Crippen molar-refractivity contribution in [1.29, 1.82) is 0 Å². The molecule has 1 aromatic carbocycles. The van der Waals surface area contributed by atoms with E-state index in [0.717, 1.165) is 12.8 Å². The first kappa shape index (κ1) is 14.7. The van der Waals surface area contributed by atoms with E-state index in [2.05, 4.69) is 0 Å². The van der Waals surface area contributed by atoms with E-state index in [1.807, 2.05) is 13.0 Å². The monoisotopic (exact) mass is 276 g/mol. The molecule has 0 bridgehead atoms. The summed E-state index contributed by atoms with van der Waals surface area (Å²) >= 11 is 0. The van der Waals surface area contributed by atoms with Crippen LogP contribution in [0.15, 0.2) is 30.3 Å². The van der Waals surface area contributed by atoms with Gasteiger partial charge in [-0.1, -0.05) is 43.7 Å². The van der Waals surface area contributed by atoms with Crippen molar-refractivity contribution in [2.24, 2.45) is 0 Å². The van der Waals surface area contributed by atoms with E-state index < -0.39 is 18.2 Å². The van der Waals surface area contributed by atoms with Gasteiger partial charge in [0, 0.05) is 12.2 Å². The largest absolute Gasteiger partial charge is 0.452 e. The molecule has 0 saturated carbocycles. The first-order valence-corrected chi connectivity index (χ1v) is 7.13. The number of hydrogen-bond acceptors (Lipinski definition) is 4. The van der Waals surface area contributed by atoms with Gasteiger partial charge in [-0.3, -0.25) is 4.79 Å². The van der Waals surface area contributed by atoms with Gasteiger partial charge in [-0.15, -0.1) is 0 Å². The van der Waals surface area contributed by atoms with Crippen molar-refractivity contribution in [3.8, 4) is 0 Å². The van der Waals surface area contributed by atoms with Crippen molar-refractivity contribution in [3.05, 3.63) is 35.9 Å². The zero-order chi connectivity index (χ0) is 14.4. The van der Waals surface area contributed by atoms with Crippen molar-refractivity contribution < 1.29 is 19.1 Å². The zero-order valence-corrected chi connectivity index (χ0v) is 11.7. The maximum atomic E-state index is 12.4. The third kappa shape index (κ3) is 3.67. The van der Waals surface area contributed by atoms with Crippen molar-refractivity contribution in [3.63, 3.8) is 0 Å². The molecule has 2 rings (SSSR count). The Bertz CT molecular complexity index is 449. The summed E-state index contributed by atoms with van der Waals surface area (Å²) < 4.78 is 10.7. The van der Waals surface area contributed by atoms with Gasteiger partial charge in [0.2, 0.25) is 5.78 Å². The van der Waals surface area contributed by atoms with Gasteiger partial charge in [0.1, 0.15) is 0 Å². The maximum Gasteiger partial charge on any atom is 0.335 e. The highest BCUT2D eigenvalue weighted by atomic mass is 16.6. The Hall–Kier alpha value is -1.68. The lowest BCUT2D eigenvalue weighted by Gasteiger charge is -2.18. The summed E-state index contributed by atoms with van der Waals surface area (Å²) in [6, 6.07) is 8.94. The van der Waals surface area contributed by atoms with E-state index in [1.165, 1.54) is 0 Å². The molecule has 0 aromatic heterocycles. The minimum absolute atomic E-state index is 0.140. The molecule has 2 unspecified atom stereocenters. The standard InChI is InChI=1S/C16H20O4/c1-2-7-13(15(17)12-8-4-3-5-9-12)20-16(18)14-10-6-11-19-14/h3-5,8-9,13-14H,2,6-7,10-11H2,1H3. The van der Waals surface area contributed by atoms with E-state index in [-0.39, 0.29) is 5.78 Å². The number of carbonyl (C=O) groups is 2. The van der Waals surface area contributed by atoms with Crippen LogP contribution in [0.2, 0.25) is 0 Å². The molecule has 108 valence electrons. The molecule has 1 fully saturated rings. The molecule has 20 heavy (non-hydrogen) atoms. The highest BCUT2D eigenvalue weighted by Crippen LogP contribution is 2.17. The molecule has 1 aromatic rings. The van der Waals surface area contributed by atoms with Crippen LogP contribution in [0.3, 0.4) is 0 Å². The number of ether oxygens (including phenoxy) is 2. The number of esters is 1. The molecule has 1 aliphatic rings. The third-order valence-corrected chi connectivity index (χ3v) is 3.35. The smallest absolute Gasteiger partial charge is 0.335 e. The summed E-state index contributed by atoms with van der Waals surface area (Å²) in [4.78, 5) is 24.3. The molecule has 0 aliphatic carbocycles. The topological polar surface area (TPSA) is 52.6 Å². The fraction of sp³-hybridized carbons (Fsp3) is 0.500.